The SMILES string of the molecule is CCCN(CCC)c1ccc(C(=O)N2CCN(Cc3ccccc3)CC2)cn1. The molecule has 0 unspecified atom stereocenters. The molecule has 150 valence electrons. The number of amides is 1. The summed E-state index contributed by atoms with van der Waals surface area (Å²) in [5, 5.41) is 0. The van der Waals surface area contributed by atoms with Gasteiger partial charge in [-0.2, -0.15) is 0 Å². The highest BCUT2D eigenvalue weighted by Crippen LogP contribution is 2.15. The van der Waals surface area contributed by atoms with E-state index in [9.17, 15) is 4.79 Å². The molecule has 2 heterocycles. The second-order valence-corrected chi connectivity index (χ2v) is 7.45. The molecule has 0 N–H and O–H groups in total. The van der Waals surface area contributed by atoms with Crippen LogP contribution in [0.1, 0.15) is 42.6 Å². The van der Waals surface area contributed by atoms with Gasteiger partial charge in [-0.1, -0.05) is 44.2 Å². The summed E-state index contributed by atoms with van der Waals surface area (Å²) in [7, 11) is 0. The van der Waals surface area contributed by atoms with E-state index < -0.39 is 0 Å². The van der Waals surface area contributed by atoms with E-state index in [1.54, 1.807) is 6.20 Å². The molecule has 0 bridgehead atoms. The highest BCUT2D eigenvalue weighted by Gasteiger charge is 2.22. The summed E-state index contributed by atoms with van der Waals surface area (Å²) in [5.74, 6) is 1.06. The van der Waals surface area contributed by atoms with Gasteiger partial charge in [0.15, 0.2) is 0 Å². The van der Waals surface area contributed by atoms with E-state index >= 15 is 0 Å². The Bertz CT molecular complexity index is 718. The molecule has 1 aliphatic rings. The number of nitrogens with zero attached hydrogens (tertiary/aromatic N) is 4. The quantitative estimate of drug-likeness (QED) is 0.701. The number of hydrogen-bond acceptors (Lipinski definition) is 4. The molecule has 5 heteroatoms. The second kappa shape index (κ2) is 10.2. The first-order valence-electron chi connectivity index (χ1n) is 10.5. The number of carbonyl (C=O) groups excluding carboxylic acids is 1. The molecule has 0 radical (unpaired) electrons. The van der Waals surface area contributed by atoms with Gasteiger partial charge < -0.3 is 9.80 Å². The summed E-state index contributed by atoms with van der Waals surface area (Å²) in [6, 6.07) is 14.4. The summed E-state index contributed by atoms with van der Waals surface area (Å²) in [4.78, 5) is 24.1. The van der Waals surface area contributed by atoms with Crippen LogP contribution in [0, 0.1) is 0 Å². The molecule has 1 aromatic heterocycles. The summed E-state index contributed by atoms with van der Waals surface area (Å²) < 4.78 is 0. The van der Waals surface area contributed by atoms with Crippen molar-refractivity contribution in [3.8, 4) is 0 Å². The fraction of sp³-hybridized carbons (Fsp3) is 0.478. The topological polar surface area (TPSA) is 39.7 Å². The molecule has 1 fully saturated rings. The summed E-state index contributed by atoms with van der Waals surface area (Å²) >= 11 is 0. The maximum Gasteiger partial charge on any atom is 0.255 e. The van der Waals surface area contributed by atoms with Gasteiger partial charge in [0.2, 0.25) is 0 Å². The molecule has 1 amide bonds. The Balaban J connectivity index is 1.54. The van der Waals surface area contributed by atoms with Gasteiger partial charge in [0.05, 0.1) is 5.56 Å². The summed E-state index contributed by atoms with van der Waals surface area (Å²) in [6.07, 6.45) is 3.93. The van der Waals surface area contributed by atoms with E-state index in [-0.39, 0.29) is 5.91 Å². The first kappa shape index (κ1) is 20.3. The Labute approximate surface area is 169 Å². The Morgan fingerprint density at radius 1 is 0.964 bits per heavy atom. The largest absolute Gasteiger partial charge is 0.357 e. The zero-order valence-corrected chi connectivity index (χ0v) is 17.2. The van der Waals surface area contributed by atoms with Crippen LogP contribution in [0.5, 0.6) is 0 Å². The first-order valence-corrected chi connectivity index (χ1v) is 10.5. The average Bonchev–Trinajstić information content (AvgIpc) is 2.74. The first-order chi connectivity index (χ1) is 13.7. The minimum Gasteiger partial charge on any atom is -0.357 e. The third-order valence-electron chi connectivity index (χ3n) is 5.21. The molecule has 0 aliphatic carbocycles. The van der Waals surface area contributed by atoms with Crippen LogP contribution in [0.4, 0.5) is 5.82 Å². The monoisotopic (exact) mass is 380 g/mol. The lowest BCUT2D eigenvalue weighted by atomic mass is 10.2. The van der Waals surface area contributed by atoms with Crippen molar-refractivity contribution >= 4 is 11.7 Å². The number of rotatable bonds is 8. The molecule has 0 saturated carbocycles. The van der Waals surface area contributed by atoms with Crippen LogP contribution in [0.2, 0.25) is 0 Å². The van der Waals surface area contributed by atoms with Gasteiger partial charge in [0, 0.05) is 52.0 Å². The highest BCUT2D eigenvalue weighted by molar-refractivity contribution is 5.94. The Morgan fingerprint density at radius 2 is 1.64 bits per heavy atom. The van der Waals surface area contributed by atoms with E-state index in [2.05, 4.69) is 52.9 Å². The van der Waals surface area contributed by atoms with E-state index in [1.807, 2.05) is 23.1 Å². The predicted molar refractivity (Wildman–Crippen MR) is 115 cm³/mol. The summed E-state index contributed by atoms with van der Waals surface area (Å²) in [5.41, 5.74) is 2.01. The van der Waals surface area contributed by atoms with Crippen molar-refractivity contribution in [2.75, 3.05) is 44.2 Å². The zero-order valence-electron chi connectivity index (χ0n) is 17.2. The molecule has 1 aliphatic heterocycles. The van der Waals surface area contributed by atoms with Crippen LogP contribution in [0.3, 0.4) is 0 Å². The number of carbonyl (C=O) groups is 1. The molecule has 5 nitrogen and oxygen atoms in total. The van der Waals surface area contributed by atoms with Crippen LogP contribution in [-0.2, 0) is 6.54 Å². The third kappa shape index (κ3) is 5.32. The lowest BCUT2D eigenvalue weighted by molar-refractivity contribution is 0.0628. The minimum atomic E-state index is 0.0935. The molecule has 1 saturated heterocycles. The number of aromatic nitrogens is 1. The van der Waals surface area contributed by atoms with Crippen molar-refractivity contribution in [1.29, 1.82) is 0 Å². The van der Waals surface area contributed by atoms with Crippen LogP contribution >= 0.6 is 0 Å². The maximum absolute atomic E-state index is 12.9. The lowest BCUT2D eigenvalue weighted by Crippen LogP contribution is -2.48. The Morgan fingerprint density at radius 3 is 2.21 bits per heavy atom. The normalized spacial score (nSPS) is 14.9. The van der Waals surface area contributed by atoms with Gasteiger partial charge in [0.25, 0.3) is 5.91 Å². The number of benzene rings is 1. The number of hydrogen-bond donors (Lipinski definition) is 0. The number of anilines is 1. The van der Waals surface area contributed by atoms with Crippen molar-refractivity contribution in [3.63, 3.8) is 0 Å². The predicted octanol–water partition coefficient (Wildman–Crippen LogP) is 3.67. The Hall–Kier alpha value is -2.40. The molecule has 2 aromatic rings. The van der Waals surface area contributed by atoms with E-state index in [1.165, 1.54) is 5.56 Å². The van der Waals surface area contributed by atoms with Gasteiger partial charge in [-0.25, -0.2) is 4.98 Å². The van der Waals surface area contributed by atoms with Gasteiger partial charge in [-0.3, -0.25) is 9.69 Å². The highest BCUT2D eigenvalue weighted by atomic mass is 16.2. The van der Waals surface area contributed by atoms with Crippen molar-refractivity contribution < 1.29 is 4.79 Å². The van der Waals surface area contributed by atoms with Crippen molar-refractivity contribution in [2.45, 2.75) is 33.2 Å². The molecular formula is C23H32N4O. The molecule has 0 atom stereocenters. The van der Waals surface area contributed by atoms with Crippen LogP contribution in [0.25, 0.3) is 0 Å². The Kier molecular flexibility index (Phi) is 7.43. The maximum atomic E-state index is 12.9. The minimum absolute atomic E-state index is 0.0935. The molecular weight excluding hydrogens is 348 g/mol. The smallest absolute Gasteiger partial charge is 0.255 e. The molecule has 28 heavy (non-hydrogen) atoms. The van der Waals surface area contributed by atoms with Crippen molar-refractivity contribution in [1.82, 2.24) is 14.8 Å². The molecule has 3 rings (SSSR count). The fourth-order valence-electron chi connectivity index (χ4n) is 3.71. The van der Waals surface area contributed by atoms with E-state index in [0.29, 0.717) is 5.56 Å². The van der Waals surface area contributed by atoms with Gasteiger partial charge >= 0.3 is 0 Å². The molecule has 1 aromatic carbocycles. The van der Waals surface area contributed by atoms with Gasteiger partial charge in [-0.15, -0.1) is 0 Å². The van der Waals surface area contributed by atoms with Crippen molar-refractivity contribution in [2.24, 2.45) is 0 Å². The number of pyridine rings is 1. The van der Waals surface area contributed by atoms with Crippen LogP contribution < -0.4 is 4.90 Å². The lowest BCUT2D eigenvalue weighted by Gasteiger charge is -2.34. The molecule has 0 spiro atoms. The van der Waals surface area contributed by atoms with E-state index in [0.717, 1.165) is 64.5 Å². The van der Waals surface area contributed by atoms with E-state index in [4.69, 9.17) is 0 Å². The van der Waals surface area contributed by atoms with Crippen molar-refractivity contribution in [3.05, 3.63) is 59.8 Å². The fourth-order valence-corrected chi connectivity index (χ4v) is 3.71. The van der Waals surface area contributed by atoms with Gasteiger partial charge in [-0.05, 0) is 30.5 Å². The summed E-state index contributed by atoms with van der Waals surface area (Å²) in [6.45, 7) is 10.7. The van der Waals surface area contributed by atoms with Crippen LogP contribution in [-0.4, -0.2) is 60.0 Å². The van der Waals surface area contributed by atoms with Crippen LogP contribution in [0.15, 0.2) is 48.7 Å². The van der Waals surface area contributed by atoms with Gasteiger partial charge in [0.1, 0.15) is 5.82 Å². The second-order valence-electron chi connectivity index (χ2n) is 7.45. The third-order valence-corrected chi connectivity index (χ3v) is 5.21. The zero-order chi connectivity index (χ0) is 19.8. The average molecular weight is 381 g/mol. The standard InChI is InChI=1S/C23H32N4O/c1-3-12-26(13-4-2)22-11-10-21(18-24-22)23(28)27-16-14-25(15-17-27)19-20-8-6-5-7-9-20/h5-11,18H,3-4,12-17,19H2,1-2H3. The number of piperazine rings is 1.